The summed E-state index contributed by atoms with van der Waals surface area (Å²) in [6.45, 7) is 6.28. The number of aliphatic hydroxyl groups is 1. The number of carbonyl (C=O) groups is 2. The van der Waals surface area contributed by atoms with Gasteiger partial charge in [-0.25, -0.2) is 4.79 Å². The van der Waals surface area contributed by atoms with Crippen molar-refractivity contribution in [3.05, 3.63) is 0 Å². The molecule has 0 aromatic heterocycles. The third kappa shape index (κ3) is 5.99. The fourth-order valence-electron chi connectivity index (χ4n) is 2.98. The average molecular weight is 330 g/mol. The standard InChI is InChI=1S/C16H30N2O5/c1-15(2,3)23-14(22)18-8-6-7-16(11-18,13(20)21)9-12(19)10-17(4)5/h12,19H,6-11H2,1-5H3,(H,20,21). The zero-order valence-electron chi connectivity index (χ0n) is 14.8. The Kier molecular flexibility index (Phi) is 6.41. The van der Waals surface area contributed by atoms with Crippen LogP contribution in [-0.2, 0) is 9.53 Å². The van der Waals surface area contributed by atoms with Crippen LogP contribution in [0.1, 0.15) is 40.0 Å². The summed E-state index contributed by atoms with van der Waals surface area (Å²) in [5.74, 6) is -0.969. The van der Waals surface area contributed by atoms with Crippen molar-refractivity contribution < 1.29 is 24.5 Å². The topological polar surface area (TPSA) is 90.3 Å². The molecule has 23 heavy (non-hydrogen) atoms. The second-order valence-electron chi connectivity index (χ2n) is 7.71. The molecule has 0 spiro atoms. The van der Waals surface area contributed by atoms with Crippen LogP contribution in [0.25, 0.3) is 0 Å². The SMILES string of the molecule is CN(C)CC(O)CC1(C(=O)O)CCCN(C(=O)OC(C)(C)C)C1. The summed E-state index contributed by atoms with van der Waals surface area (Å²) < 4.78 is 5.34. The highest BCUT2D eigenvalue weighted by molar-refractivity contribution is 5.77. The molecule has 1 aliphatic heterocycles. The summed E-state index contributed by atoms with van der Waals surface area (Å²) in [4.78, 5) is 27.3. The molecular weight excluding hydrogens is 300 g/mol. The van der Waals surface area contributed by atoms with Gasteiger partial charge in [0.05, 0.1) is 11.5 Å². The summed E-state index contributed by atoms with van der Waals surface area (Å²) >= 11 is 0. The van der Waals surface area contributed by atoms with E-state index in [0.29, 0.717) is 25.9 Å². The quantitative estimate of drug-likeness (QED) is 0.792. The normalized spacial score (nSPS) is 23.7. The predicted octanol–water partition coefficient (Wildman–Crippen LogP) is 1.40. The number of likely N-dealkylation sites (N-methyl/N-ethyl adjacent to an activating group) is 1. The van der Waals surface area contributed by atoms with E-state index in [1.807, 2.05) is 19.0 Å². The Morgan fingerprint density at radius 1 is 1.35 bits per heavy atom. The third-order valence-corrected chi connectivity index (χ3v) is 3.88. The minimum Gasteiger partial charge on any atom is -0.481 e. The minimum absolute atomic E-state index is 0.0712. The first-order valence-corrected chi connectivity index (χ1v) is 7.99. The lowest BCUT2D eigenvalue weighted by molar-refractivity contribution is -0.155. The molecule has 1 aliphatic rings. The molecule has 2 N–H and O–H groups in total. The van der Waals surface area contributed by atoms with Gasteiger partial charge in [-0.2, -0.15) is 0 Å². The lowest BCUT2D eigenvalue weighted by Gasteiger charge is -2.41. The first kappa shape index (κ1) is 19.7. The van der Waals surface area contributed by atoms with Crippen LogP contribution in [0.5, 0.6) is 0 Å². The number of amides is 1. The van der Waals surface area contributed by atoms with Gasteiger partial charge >= 0.3 is 12.1 Å². The number of nitrogens with zero attached hydrogens (tertiary/aromatic N) is 2. The van der Waals surface area contributed by atoms with Crippen molar-refractivity contribution >= 4 is 12.1 Å². The second-order valence-corrected chi connectivity index (χ2v) is 7.71. The van der Waals surface area contributed by atoms with Crippen LogP contribution in [0.3, 0.4) is 0 Å². The van der Waals surface area contributed by atoms with Gasteiger partial charge in [0, 0.05) is 19.6 Å². The maximum absolute atomic E-state index is 12.2. The number of carboxylic acids is 1. The Hall–Kier alpha value is -1.34. The van der Waals surface area contributed by atoms with E-state index in [1.54, 1.807) is 20.8 Å². The monoisotopic (exact) mass is 330 g/mol. The summed E-state index contributed by atoms with van der Waals surface area (Å²) in [6, 6.07) is 0. The van der Waals surface area contributed by atoms with Gasteiger partial charge in [-0.15, -0.1) is 0 Å². The Bertz CT molecular complexity index is 433. The van der Waals surface area contributed by atoms with E-state index in [2.05, 4.69) is 0 Å². The van der Waals surface area contributed by atoms with Gasteiger partial charge in [0.2, 0.25) is 0 Å². The van der Waals surface area contributed by atoms with E-state index in [-0.39, 0.29) is 13.0 Å². The molecule has 0 aliphatic carbocycles. The van der Waals surface area contributed by atoms with Crippen LogP contribution < -0.4 is 0 Å². The van der Waals surface area contributed by atoms with Crippen LogP contribution in [0.4, 0.5) is 4.79 Å². The number of aliphatic hydroxyl groups excluding tert-OH is 1. The molecule has 1 amide bonds. The zero-order chi connectivity index (χ0) is 17.8. The van der Waals surface area contributed by atoms with Gasteiger partial charge in [0.25, 0.3) is 0 Å². The molecule has 2 unspecified atom stereocenters. The number of likely N-dealkylation sites (tertiary alicyclic amines) is 1. The lowest BCUT2D eigenvalue weighted by atomic mass is 9.75. The van der Waals surface area contributed by atoms with Crippen molar-refractivity contribution in [3.63, 3.8) is 0 Å². The number of piperidine rings is 1. The number of aliphatic carboxylic acids is 1. The number of hydrogen-bond donors (Lipinski definition) is 2. The maximum atomic E-state index is 12.2. The molecule has 1 saturated heterocycles. The van der Waals surface area contributed by atoms with Gasteiger partial charge < -0.3 is 24.7 Å². The fourth-order valence-corrected chi connectivity index (χ4v) is 2.98. The molecule has 2 atom stereocenters. The first-order chi connectivity index (χ1) is 10.4. The largest absolute Gasteiger partial charge is 0.481 e. The number of ether oxygens (including phenoxy) is 1. The summed E-state index contributed by atoms with van der Waals surface area (Å²) in [6.07, 6.45) is -0.0868. The van der Waals surface area contributed by atoms with E-state index < -0.39 is 29.2 Å². The van der Waals surface area contributed by atoms with Crippen molar-refractivity contribution in [2.24, 2.45) is 5.41 Å². The molecule has 134 valence electrons. The lowest BCUT2D eigenvalue weighted by Crippen LogP contribution is -2.52. The Balaban J connectivity index is 2.83. The molecule has 7 heteroatoms. The van der Waals surface area contributed by atoms with E-state index >= 15 is 0 Å². The van der Waals surface area contributed by atoms with E-state index in [4.69, 9.17) is 4.74 Å². The molecule has 0 aromatic rings. The van der Waals surface area contributed by atoms with Gasteiger partial charge in [0.15, 0.2) is 0 Å². The highest BCUT2D eigenvalue weighted by atomic mass is 16.6. The molecular formula is C16H30N2O5. The van der Waals surface area contributed by atoms with Crippen molar-refractivity contribution in [3.8, 4) is 0 Å². The van der Waals surface area contributed by atoms with E-state index in [0.717, 1.165) is 0 Å². The van der Waals surface area contributed by atoms with Gasteiger partial charge in [-0.3, -0.25) is 4.79 Å². The number of rotatable bonds is 5. The van der Waals surface area contributed by atoms with Crippen molar-refractivity contribution in [2.45, 2.75) is 51.7 Å². The second kappa shape index (κ2) is 7.49. The Morgan fingerprint density at radius 3 is 2.43 bits per heavy atom. The number of carboxylic acid groups (broad SMARTS) is 1. The molecule has 1 fully saturated rings. The molecule has 1 heterocycles. The molecule has 7 nitrogen and oxygen atoms in total. The van der Waals surface area contributed by atoms with Crippen LogP contribution in [0.15, 0.2) is 0 Å². The Labute approximate surface area is 138 Å². The van der Waals surface area contributed by atoms with Crippen LogP contribution in [0, 0.1) is 5.41 Å². The van der Waals surface area contributed by atoms with Crippen molar-refractivity contribution in [1.82, 2.24) is 9.80 Å². The molecule has 0 saturated carbocycles. The molecule has 0 radical (unpaired) electrons. The smallest absolute Gasteiger partial charge is 0.410 e. The van der Waals surface area contributed by atoms with Gasteiger partial charge in [-0.05, 0) is 54.1 Å². The summed E-state index contributed by atoms with van der Waals surface area (Å²) in [7, 11) is 3.65. The average Bonchev–Trinajstić information content (AvgIpc) is 2.35. The Morgan fingerprint density at radius 2 is 1.96 bits per heavy atom. The van der Waals surface area contributed by atoms with Crippen LogP contribution in [-0.4, -0.2) is 77.5 Å². The highest BCUT2D eigenvalue weighted by Crippen LogP contribution is 2.35. The highest BCUT2D eigenvalue weighted by Gasteiger charge is 2.45. The minimum atomic E-state index is -1.12. The number of carbonyl (C=O) groups excluding carboxylic acids is 1. The fraction of sp³-hybridized carbons (Fsp3) is 0.875. The van der Waals surface area contributed by atoms with E-state index in [9.17, 15) is 19.8 Å². The maximum Gasteiger partial charge on any atom is 0.410 e. The van der Waals surface area contributed by atoms with Crippen molar-refractivity contribution in [1.29, 1.82) is 0 Å². The predicted molar refractivity (Wildman–Crippen MR) is 86.3 cm³/mol. The van der Waals surface area contributed by atoms with E-state index in [1.165, 1.54) is 4.90 Å². The van der Waals surface area contributed by atoms with Crippen LogP contribution >= 0.6 is 0 Å². The molecule has 0 aromatic carbocycles. The zero-order valence-corrected chi connectivity index (χ0v) is 14.8. The third-order valence-electron chi connectivity index (χ3n) is 3.88. The van der Waals surface area contributed by atoms with Crippen LogP contribution in [0.2, 0.25) is 0 Å². The number of hydrogen-bond acceptors (Lipinski definition) is 5. The molecule has 0 bridgehead atoms. The molecule has 1 rings (SSSR count). The summed E-state index contributed by atoms with van der Waals surface area (Å²) in [5.41, 5.74) is -1.74. The van der Waals surface area contributed by atoms with Gasteiger partial charge in [-0.1, -0.05) is 0 Å². The van der Waals surface area contributed by atoms with Gasteiger partial charge in [0.1, 0.15) is 5.60 Å². The van der Waals surface area contributed by atoms with Crippen molar-refractivity contribution in [2.75, 3.05) is 33.7 Å². The first-order valence-electron chi connectivity index (χ1n) is 7.99. The summed E-state index contributed by atoms with van der Waals surface area (Å²) in [5, 5.41) is 19.9.